The van der Waals surface area contributed by atoms with Crippen molar-refractivity contribution in [3.05, 3.63) is 17.8 Å². The van der Waals surface area contributed by atoms with Gasteiger partial charge >= 0.3 is 5.97 Å². The summed E-state index contributed by atoms with van der Waals surface area (Å²) in [5.41, 5.74) is -0.955. The zero-order valence-corrected chi connectivity index (χ0v) is 9.20. The van der Waals surface area contributed by atoms with E-state index in [1.165, 1.54) is 0 Å². The number of carboxylic acid groups (broad SMARTS) is 1. The van der Waals surface area contributed by atoms with Crippen molar-refractivity contribution in [3.8, 4) is 0 Å². The minimum atomic E-state index is -0.806. The average Bonchev–Trinajstić information content (AvgIpc) is 2.75. The molecule has 1 N–H and O–H groups in total. The predicted molar refractivity (Wildman–Crippen MR) is 53.8 cm³/mol. The first-order chi connectivity index (χ1) is 6.86. The van der Waals surface area contributed by atoms with Gasteiger partial charge in [-0.25, -0.2) is 4.98 Å². The van der Waals surface area contributed by atoms with E-state index in [0.29, 0.717) is 24.5 Å². The van der Waals surface area contributed by atoms with Crippen LogP contribution in [0.5, 0.6) is 0 Å². The molecule has 1 aromatic rings. The number of nitrogens with zero attached hydrogens (tertiary/aromatic N) is 1. The molecule has 82 valence electrons. The monoisotopic (exact) mass is 209 g/mol. The van der Waals surface area contributed by atoms with Crippen LogP contribution in [-0.2, 0) is 15.6 Å². The van der Waals surface area contributed by atoms with Crippen LogP contribution in [0.15, 0.2) is 10.6 Å². The van der Waals surface area contributed by atoms with Crippen LogP contribution >= 0.6 is 0 Å². The van der Waals surface area contributed by atoms with Gasteiger partial charge in [0, 0.05) is 5.41 Å². The fraction of sp³-hybridized carbons (Fsp3) is 0.636. The van der Waals surface area contributed by atoms with Crippen molar-refractivity contribution in [2.75, 3.05) is 0 Å². The van der Waals surface area contributed by atoms with E-state index < -0.39 is 11.4 Å². The third-order valence-corrected chi connectivity index (χ3v) is 2.78. The summed E-state index contributed by atoms with van der Waals surface area (Å²) in [6, 6.07) is 0. The molecule has 1 fully saturated rings. The Bertz CT molecular complexity index is 396. The highest BCUT2D eigenvalue weighted by Gasteiger charge is 2.55. The zero-order valence-electron chi connectivity index (χ0n) is 9.20. The van der Waals surface area contributed by atoms with Gasteiger partial charge in [0.25, 0.3) is 0 Å². The van der Waals surface area contributed by atoms with Crippen LogP contribution in [0.3, 0.4) is 0 Å². The molecule has 0 saturated heterocycles. The summed E-state index contributed by atoms with van der Waals surface area (Å²) in [6.07, 6.45) is 2.87. The van der Waals surface area contributed by atoms with Crippen LogP contribution in [0.1, 0.15) is 45.3 Å². The highest BCUT2D eigenvalue weighted by atomic mass is 16.4. The van der Waals surface area contributed by atoms with Crippen LogP contribution in [-0.4, -0.2) is 16.1 Å². The number of rotatable bonds is 2. The molecule has 1 aliphatic carbocycles. The fourth-order valence-corrected chi connectivity index (χ4v) is 1.53. The van der Waals surface area contributed by atoms with Gasteiger partial charge in [-0.05, 0) is 12.8 Å². The maximum Gasteiger partial charge on any atom is 0.317 e. The lowest BCUT2D eigenvalue weighted by Crippen LogP contribution is -2.18. The lowest BCUT2D eigenvalue weighted by molar-refractivity contribution is -0.140. The summed E-state index contributed by atoms with van der Waals surface area (Å²) < 4.78 is 5.54. The molecule has 1 heterocycles. The molecule has 0 radical (unpaired) electrons. The molecule has 0 unspecified atom stereocenters. The van der Waals surface area contributed by atoms with Gasteiger partial charge in [0.05, 0.1) is 6.20 Å². The number of aliphatic carboxylic acids is 1. The van der Waals surface area contributed by atoms with Gasteiger partial charge in [-0.3, -0.25) is 4.79 Å². The Hall–Kier alpha value is -1.32. The molecule has 0 spiro atoms. The van der Waals surface area contributed by atoms with Crippen molar-refractivity contribution >= 4 is 5.97 Å². The van der Waals surface area contributed by atoms with Crippen molar-refractivity contribution in [2.45, 2.75) is 44.4 Å². The smallest absolute Gasteiger partial charge is 0.317 e. The number of carbonyl (C=O) groups is 1. The molecule has 0 amide bonds. The predicted octanol–water partition coefficient (Wildman–Crippen LogP) is 2.09. The van der Waals surface area contributed by atoms with E-state index in [-0.39, 0.29) is 5.41 Å². The number of aromatic nitrogens is 1. The second kappa shape index (κ2) is 2.84. The lowest BCUT2D eigenvalue weighted by Gasteiger charge is -2.12. The van der Waals surface area contributed by atoms with Crippen molar-refractivity contribution in [2.24, 2.45) is 0 Å². The Kier molecular flexibility index (Phi) is 1.93. The molecular weight excluding hydrogens is 194 g/mol. The van der Waals surface area contributed by atoms with Gasteiger partial charge in [-0.1, -0.05) is 20.8 Å². The summed E-state index contributed by atoms with van der Waals surface area (Å²) >= 11 is 0. The SMILES string of the molecule is CC(C)(C)c1ncc(C2(C(=O)O)CC2)o1. The van der Waals surface area contributed by atoms with Crippen LogP contribution in [0.2, 0.25) is 0 Å². The standard InChI is InChI=1S/C11H15NO3/c1-10(2,3)8-12-6-7(15-8)11(4-5-11)9(13)14/h6H,4-5H2,1-3H3,(H,13,14). The largest absolute Gasteiger partial charge is 0.480 e. The maximum atomic E-state index is 11.1. The van der Waals surface area contributed by atoms with Crippen LogP contribution in [0.25, 0.3) is 0 Å². The molecular formula is C11H15NO3. The van der Waals surface area contributed by atoms with Gasteiger partial charge in [0.1, 0.15) is 11.2 Å². The first-order valence-electron chi connectivity index (χ1n) is 5.06. The molecule has 0 aliphatic heterocycles. The van der Waals surface area contributed by atoms with Crippen molar-refractivity contribution in [1.82, 2.24) is 4.98 Å². The minimum Gasteiger partial charge on any atom is -0.480 e. The first-order valence-corrected chi connectivity index (χ1v) is 5.06. The molecule has 0 bridgehead atoms. The summed E-state index contributed by atoms with van der Waals surface area (Å²) in [5.74, 6) is 0.295. The molecule has 1 aliphatic rings. The Labute approximate surface area is 88.3 Å². The molecule has 1 aromatic heterocycles. The Morgan fingerprint density at radius 2 is 2.13 bits per heavy atom. The third kappa shape index (κ3) is 1.54. The van der Waals surface area contributed by atoms with Gasteiger partial charge in [0.15, 0.2) is 5.89 Å². The molecule has 15 heavy (non-hydrogen) atoms. The molecule has 4 nitrogen and oxygen atoms in total. The normalized spacial score (nSPS) is 18.9. The topological polar surface area (TPSA) is 63.3 Å². The summed E-state index contributed by atoms with van der Waals surface area (Å²) in [5, 5.41) is 9.08. The van der Waals surface area contributed by atoms with Crippen LogP contribution in [0.4, 0.5) is 0 Å². The second-order valence-electron chi connectivity index (χ2n) is 5.17. The van der Waals surface area contributed by atoms with E-state index >= 15 is 0 Å². The van der Waals surface area contributed by atoms with Crippen molar-refractivity contribution in [1.29, 1.82) is 0 Å². The molecule has 0 atom stereocenters. The first kappa shape index (κ1) is 10.2. The van der Waals surface area contributed by atoms with E-state index in [9.17, 15) is 4.79 Å². The number of hydrogen-bond acceptors (Lipinski definition) is 3. The van der Waals surface area contributed by atoms with Crippen LogP contribution < -0.4 is 0 Å². The highest BCUT2D eigenvalue weighted by Crippen LogP contribution is 2.49. The molecule has 1 saturated carbocycles. The molecule has 4 heteroatoms. The van der Waals surface area contributed by atoms with Crippen molar-refractivity contribution < 1.29 is 14.3 Å². The Morgan fingerprint density at radius 3 is 2.47 bits per heavy atom. The average molecular weight is 209 g/mol. The van der Waals surface area contributed by atoms with E-state index in [0.717, 1.165) is 0 Å². The quantitative estimate of drug-likeness (QED) is 0.810. The number of hydrogen-bond donors (Lipinski definition) is 1. The number of oxazole rings is 1. The zero-order chi connectivity index (χ0) is 11.3. The van der Waals surface area contributed by atoms with Gasteiger partial charge < -0.3 is 9.52 Å². The van der Waals surface area contributed by atoms with Gasteiger partial charge in [-0.15, -0.1) is 0 Å². The maximum absolute atomic E-state index is 11.1. The molecule has 2 rings (SSSR count). The van der Waals surface area contributed by atoms with Gasteiger partial charge in [0.2, 0.25) is 0 Å². The van der Waals surface area contributed by atoms with Crippen LogP contribution in [0, 0.1) is 0 Å². The minimum absolute atomic E-state index is 0.174. The summed E-state index contributed by atoms with van der Waals surface area (Å²) in [4.78, 5) is 15.2. The molecule has 0 aromatic carbocycles. The second-order valence-corrected chi connectivity index (χ2v) is 5.17. The lowest BCUT2D eigenvalue weighted by atomic mass is 9.97. The third-order valence-electron chi connectivity index (χ3n) is 2.78. The fourth-order valence-electron chi connectivity index (χ4n) is 1.53. The van der Waals surface area contributed by atoms with Crippen molar-refractivity contribution in [3.63, 3.8) is 0 Å². The number of carboxylic acids is 1. The van der Waals surface area contributed by atoms with E-state index in [1.807, 2.05) is 20.8 Å². The highest BCUT2D eigenvalue weighted by molar-refractivity contribution is 5.83. The van der Waals surface area contributed by atoms with Gasteiger partial charge in [-0.2, -0.15) is 0 Å². The Balaban J connectivity index is 2.33. The van der Waals surface area contributed by atoms with E-state index in [1.54, 1.807) is 6.20 Å². The van der Waals surface area contributed by atoms with E-state index in [4.69, 9.17) is 9.52 Å². The van der Waals surface area contributed by atoms with E-state index in [2.05, 4.69) is 4.98 Å². The summed E-state index contributed by atoms with van der Waals surface area (Å²) in [6.45, 7) is 5.97. The summed E-state index contributed by atoms with van der Waals surface area (Å²) in [7, 11) is 0. The Morgan fingerprint density at radius 1 is 1.53 bits per heavy atom.